The van der Waals surface area contributed by atoms with Gasteiger partial charge in [0, 0.05) is 16.7 Å². The molecule has 0 unspecified atom stereocenters. The molecule has 0 aliphatic rings. The number of carbonyl (C=O) groups excluding carboxylic acids is 1. The van der Waals surface area contributed by atoms with Crippen LogP contribution < -0.4 is 5.32 Å². The van der Waals surface area contributed by atoms with Crippen molar-refractivity contribution in [1.82, 2.24) is 9.97 Å². The van der Waals surface area contributed by atoms with Crippen molar-refractivity contribution in [2.24, 2.45) is 0 Å². The molecule has 0 aliphatic heterocycles. The molecule has 4 nitrogen and oxygen atoms in total. The van der Waals surface area contributed by atoms with Crippen molar-refractivity contribution < 1.29 is 4.79 Å². The van der Waals surface area contributed by atoms with Gasteiger partial charge in [0.15, 0.2) is 0 Å². The summed E-state index contributed by atoms with van der Waals surface area (Å²) in [5.41, 5.74) is 1.94. The highest BCUT2D eigenvalue weighted by atomic mass is 32.2. The molecule has 4 aromatic rings. The molecule has 0 saturated carbocycles. The third-order valence-electron chi connectivity index (χ3n) is 3.68. The Morgan fingerprint density at radius 1 is 1.00 bits per heavy atom. The number of nitrogens with zero attached hydrogens (tertiary/aromatic N) is 2. The van der Waals surface area contributed by atoms with Crippen LogP contribution in [0.25, 0.3) is 20.8 Å². The second-order valence-corrected chi connectivity index (χ2v) is 7.65. The molecule has 1 amide bonds. The molecular weight excluding hydrogens is 362 g/mol. The number of aromatic nitrogens is 2. The zero-order valence-electron chi connectivity index (χ0n) is 13.8. The molecule has 0 fully saturated rings. The molecule has 0 spiro atoms. The first-order valence-corrected chi connectivity index (χ1v) is 9.88. The fraction of sp³-hybridized carbons (Fsp3) is 0.0500. The third kappa shape index (κ3) is 3.92. The summed E-state index contributed by atoms with van der Waals surface area (Å²) in [6, 6.07) is 21.7. The van der Waals surface area contributed by atoms with E-state index in [0.29, 0.717) is 11.6 Å². The predicted octanol–water partition coefficient (Wildman–Crippen LogP) is 5.09. The van der Waals surface area contributed by atoms with Gasteiger partial charge in [-0.15, -0.1) is 23.1 Å². The maximum Gasteiger partial charge on any atom is 0.235 e. The van der Waals surface area contributed by atoms with Gasteiger partial charge in [0.25, 0.3) is 0 Å². The Labute approximate surface area is 159 Å². The number of hydrogen-bond acceptors (Lipinski definition) is 5. The van der Waals surface area contributed by atoms with Crippen LogP contribution in [0.2, 0.25) is 0 Å². The molecule has 0 atom stereocenters. The first kappa shape index (κ1) is 16.8. The number of thioether (sulfide) groups is 1. The second kappa shape index (κ2) is 7.68. The van der Waals surface area contributed by atoms with Crippen LogP contribution in [0.15, 0.2) is 77.8 Å². The minimum atomic E-state index is -0.0703. The van der Waals surface area contributed by atoms with Gasteiger partial charge in [0.2, 0.25) is 5.91 Å². The monoisotopic (exact) mass is 377 g/mol. The second-order valence-electron chi connectivity index (χ2n) is 5.57. The Kier molecular flexibility index (Phi) is 4.95. The van der Waals surface area contributed by atoms with Crippen molar-refractivity contribution in [1.29, 1.82) is 0 Å². The van der Waals surface area contributed by atoms with E-state index in [2.05, 4.69) is 21.4 Å². The van der Waals surface area contributed by atoms with E-state index >= 15 is 0 Å². The highest BCUT2D eigenvalue weighted by Gasteiger charge is 2.08. The molecule has 2 aromatic heterocycles. The number of pyridine rings is 1. The lowest BCUT2D eigenvalue weighted by Crippen LogP contribution is -2.14. The van der Waals surface area contributed by atoms with Crippen molar-refractivity contribution in [3.63, 3.8) is 0 Å². The molecule has 4 rings (SSSR count). The number of thiazole rings is 1. The Morgan fingerprint density at radius 3 is 2.58 bits per heavy atom. The minimum absolute atomic E-state index is 0.0703. The van der Waals surface area contributed by atoms with Crippen LogP contribution in [0.1, 0.15) is 0 Å². The summed E-state index contributed by atoms with van der Waals surface area (Å²) in [6.07, 6.45) is 1.75. The SMILES string of the molecule is O=C(CSc1ccccc1)Nc1ccc(-c2nc3ccccc3s2)cn1. The van der Waals surface area contributed by atoms with E-state index in [1.165, 1.54) is 11.8 Å². The van der Waals surface area contributed by atoms with Crippen molar-refractivity contribution in [3.8, 4) is 10.6 Å². The first-order valence-electron chi connectivity index (χ1n) is 8.08. The molecular formula is C20H15N3OS2. The third-order valence-corrected chi connectivity index (χ3v) is 5.78. The predicted molar refractivity (Wildman–Crippen MR) is 109 cm³/mol. The van der Waals surface area contributed by atoms with E-state index < -0.39 is 0 Å². The normalized spacial score (nSPS) is 10.8. The van der Waals surface area contributed by atoms with E-state index in [-0.39, 0.29) is 5.91 Å². The van der Waals surface area contributed by atoms with Gasteiger partial charge < -0.3 is 5.32 Å². The molecule has 128 valence electrons. The smallest absolute Gasteiger partial charge is 0.235 e. The summed E-state index contributed by atoms with van der Waals surface area (Å²) in [5.74, 6) is 0.832. The number of hydrogen-bond donors (Lipinski definition) is 1. The van der Waals surface area contributed by atoms with Crippen LogP contribution in [0.5, 0.6) is 0 Å². The molecule has 0 bridgehead atoms. The maximum atomic E-state index is 12.1. The number of rotatable bonds is 5. The van der Waals surface area contributed by atoms with Gasteiger partial charge in [0.1, 0.15) is 10.8 Å². The standard InChI is InChI=1S/C20H15N3OS2/c24-19(13-25-15-6-2-1-3-7-15)23-18-11-10-14(12-21-18)20-22-16-8-4-5-9-17(16)26-20/h1-12H,13H2,(H,21,23,24). The molecule has 26 heavy (non-hydrogen) atoms. The lowest BCUT2D eigenvalue weighted by atomic mass is 10.3. The summed E-state index contributed by atoms with van der Waals surface area (Å²) in [7, 11) is 0. The average molecular weight is 377 g/mol. The van der Waals surface area contributed by atoms with Crippen LogP contribution >= 0.6 is 23.1 Å². The van der Waals surface area contributed by atoms with Crippen LogP contribution in [-0.2, 0) is 4.79 Å². The number of anilines is 1. The summed E-state index contributed by atoms with van der Waals surface area (Å²) >= 11 is 3.14. The van der Waals surface area contributed by atoms with Gasteiger partial charge in [-0.1, -0.05) is 30.3 Å². The minimum Gasteiger partial charge on any atom is -0.310 e. The Morgan fingerprint density at radius 2 is 1.81 bits per heavy atom. The summed E-state index contributed by atoms with van der Waals surface area (Å²) in [4.78, 5) is 22.1. The zero-order chi connectivity index (χ0) is 17.8. The van der Waals surface area contributed by atoms with Crippen LogP contribution in [-0.4, -0.2) is 21.6 Å². The zero-order valence-corrected chi connectivity index (χ0v) is 15.4. The van der Waals surface area contributed by atoms with E-state index in [1.54, 1.807) is 17.5 Å². The van der Waals surface area contributed by atoms with Crippen molar-refractivity contribution in [3.05, 3.63) is 72.9 Å². The van der Waals surface area contributed by atoms with Crippen molar-refractivity contribution in [2.45, 2.75) is 4.90 Å². The van der Waals surface area contributed by atoms with Gasteiger partial charge in [-0.2, -0.15) is 0 Å². The number of nitrogens with one attached hydrogen (secondary N) is 1. The molecule has 2 aromatic carbocycles. The fourth-order valence-electron chi connectivity index (χ4n) is 2.43. The summed E-state index contributed by atoms with van der Waals surface area (Å²) in [5, 5.41) is 3.76. The van der Waals surface area contributed by atoms with Crippen LogP contribution in [0.3, 0.4) is 0 Å². The fourth-order valence-corrected chi connectivity index (χ4v) is 4.11. The molecule has 2 heterocycles. The van der Waals surface area contributed by atoms with E-state index in [9.17, 15) is 4.79 Å². The quantitative estimate of drug-likeness (QED) is 0.492. The molecule has 0 saturated heterocycles. The molecule has 6 heteroatoms. The topological polar surface area (TPSA) is 54.9 Å². The Hall–Kier alpha value is -2.70. The number of benzene rings is 2. The van der Waals surface area contributed by atoms with Gasteiger partial charge in [-0.25, -0.2) is 9.97 Å². The Bertz CT molecular complexity index is 997. The van der Waals surface area contributed by atoms with Crippen LogP contribution in [0, 0.1) is 0 Å². The summed E-state index contributed by atoms with van der Waals surface area (Å²) < 4.78 is 1.15. The van der Waals surface area contributed by atoms with E-state index in [1.807, 2.05) is 60.7 Å². The van der Waals surface area contributed by atoms with Gasteiger partial charge >= 0.3 is 0 Å². The highest BCUT2D eigenvalue weighted by molar-refractivity contribution is 8.00. The van der Waals surface area contributed by atoms with Crippen molar-refractivity contribution >= 4 is 45.0 Å². The highest BCUT2D eigenvalue weighted by Crippen LogP contribution is 2.29. The molecule has 0 radical (unpaired) electrons. The van der Waals surface area contributed by atoms with Gasteiger partial charge in [0.05, 0.1) is 16.0 Å². The van der Waals surface area contributed by atoms with E-state index in [0.717, 1.165) is 25.7 Å². The lowest BCUT2D eigenvalue weighted by molar-refractivity contribution is -0.113. The van der Waals surface area contributed by atoms with Crippen LogP contribution in [0.4, 0.5) is 5.82 Å². The van der Waals surface area contributed by atoms with Gasteiger partial charge in [-0.05, 0) is 36.4 Å². The lowest BCUT2D eigenvalue weighted by Gasteiger charge is -2.05. The first-order chi connectivity index (χ1) is 12.8. The van der Waals surface area contributed by atoms with Gasteiger partial charge in [-0.3, -0.25) is 4.79 Å². The number of amides is 1. The molecule has 0 aliphatic carbocycles. The Balaban J connectivity index is 1.40. The van der Waals surface area contributed by atoms with E-state index in [4.69, 9.17) is 0 Å². The number of carbonyl (C=O) groups is 1. The number of fused-ring (bicyclic) bond motifs is 1. The van der Waals surface area contributed by atoms with Crippen molar-refractivity contribution in [2.75, 3.05) is 11.1 Å². The largest absolute Gasteiger partial charge is 0.310 e. The molecule has 1 N–H and O–H groups in total. The maximum absolute atomic E-state index is 12.1. The average Bonchev–Trinajstić information content (AvgIpc) is 3.12. The summed E-state index contributed by atoms with van der Waals surface area (Å²) in [6.45, 7) is 0. The number of para-hydroxylation sites is 1.